The lowest BCUT2D eigenvalue weighted by Gasteiger charge is -2.19. The van der Waals surface area contributed by atoms with Gasteiger partial charge in [-0.2, -0.15) is 0 Å². The van der Waals surface area contributed by atoms with Crippen molar-refractivity contribution in [3.63, 3.8) is 0 Å². The molecule has 0 radical (unpaired) electrons. The molecule has 3 aromatic rings. The lowest BCUT2D eigenvalue weighted by Crippen LogP contribution is -3.10. The third-order valence-electron chi connectivity index (χ3n) is 4.51. The maximum Gasteiger partial charge on any atom is 0.258 e. The van der Waals surface area contributed by atoms with Crippen molar-refractivity contribution in [2.75, 3.05) is 7.11 Å². The van der Waals surface area contributed by atoms with Crippen molar-refractivity contribution in [3.8, 4) is 5.75 Å². The number of aromatic nitrogens is 2. The molecule has 0 spiro atoms. The van der Waals surface area contributed by atoms with E-state index in [-0.39, 0.29) is 5.56 Å². The summed E-state index contributed by atoms with van der Waals surface area (Å²) in [5.74, 6) is 0.879. The minimum Gasteiger partial charge on any atom is -0.497 e. The SMILES string of the molecule is COc1ccc(C[NH+](Cc2cc(=O)n3ccsc3n2)C2CC2)cc1. The number of ether oxygens (including phenoxy) is 1. The third-order valence-corrected chi connectivity index (χ3v) is 5.27. The number of rotatable bonds is 6. The van der Waals surface area contributed by atoms with E-state index in [4.69, 9.17) is 4.74 Å². The predicted molar refractivity (Wildman–Crippen MR) is 93.7 cm³/mol. The first-order valence-corrected chi connectivity index (χ1v) is 9.04. The number of benzene rings is 1. The highest BCUT2D eigenvalue weighted by Gasteiger charge is 2.33. The average molecular weight is 342 g/mol. The smallest absolute Gasteiger partial charge is 0.258 e. The average Bonchev–Trinajstić information content (AvgIpc) is 3.33. The van der Waals surface area contributed by atoms with Gasteiger partial charge in [0.15, 0.2) is 4.96 Å². The predicted octanol–water partition coefficient (Wildman–Crippen LogP) is 1.51. The summed E-state index contributed by atoms with van der Waals surface area (Å²) in [5.41, 5.74) is 2.18. The van der Waals surface area contributed by atoms with Gasteiger partial charge in [0.1, 0.15) is 24.5 Å². The summed E-state index contributed by atoms with van der Waals surface area (Å²) in [7, 11) is 1.68. The first kappa shape index (κ1) is 15.4. The first-order valence-electron chi connectivity index (χ1n) is 8.16. The zero-order valence-electron chi connectivity index (χ0n) is 13.6. The number of hydrogen-bond donors (Lipinski definition) is 1. The van der Waals surface area contributed by atoms with Crippen LogP contribution in [0.25, 0.3) is 4.96 Å². The first-order chi connectivity index (χ1) is 11.7. The van der Waals surface area contributed by atoms with Crippen LogP contribution in [0.5, 0.6) is 5.75 Å². The molecule has 2 heterocycles. The zero-order chi connectivity index (χ0) is 16.5. The van der Waals surface area contributed by atoms with Crippen molar-refractivity contribution >= 4 is 16.3 Å². The number of hydrogen-bond acceptors (Lipinski definition) is 4. The summed E-state index contributed by atoms with van der Waals surface area (Å²) in [4.78, 5) is 19.1. The van der Waals surface area contributed by atoms with Crippen LogP contribution in [-0.2, 0) is 13.1 Å². The monoisotopic (exact) mass is 342 g/mol. The number of nitrogens with one attached hydrogen (secondary N) is 1. The van der Waals surface area contributed by atoms with Crippen molar-refractivity contribution in [2.45, 2.75) is 32.0 Å². The molecular weight excluding hydrogens is 322 g/mol. The molecule has 4 rings (SSSR count). The Morgan fingerprint density at radius 3 is 2.79 bits per heavy atom. The van der Waals surface area contributed by atoms with Gasteiger partial charge in [-0.05, 0) is 24.3 Å². The van der Waals surface area contributed by atoms with Gasteiger partial charge in [-0.1, -0.05) is 0 Å². The molecule has 24 heavy (non-hydrogen) atoms. The number of thiazole rings is 1. The van der Waals surface area contributed by atoms with E-state index in [1.165, 1.54) is 34.6 Å². The van der Waals surface area contributed by atoms with Gasteiger partial charge in [-0.15, -0.1) is 11.3 Å². The molecule has 0 amide bonds. The van der Waals surface area contributed by atoms with Gasteiger partial charge in [-0.25, -0.2) is 4.98 Å². The van der Waals surface area contributed by atoms with Crippen molar-refractivity contribution in [1.29, 1.82) is 0 Å². The fourth-order valence-electron chi connectivity index (χ4n) is 3.06. The second kappa shape index (κ2) is 6.37. The second-order valence-corrected chi connectivity index (χ2v) is 7.15. The molecule has 2 aromatic heterocycles. The van der Waals surface area contributed by atoms with Crippen LogP contribution in [0.1, 0.15) is 24.1 Å². The van der Waals surface area contributed by atoms with Crippen LogP contribution in [0.3, 0.4) is 0 Å². The van der Waals surface area contributed by atoms with Gasteiger partial charge in [0.05, 0.1) is 13.2 Å². The highest BCUT2D eigenvalue weighted by molar-refractivity contribution is 7.15. The number of nitrogens with zero attached hydrogens (tertiary/aromatic N) is 2. The van der Waals surface area contributed by atoms with Gasteiger partial charge >= 0.3 is 0 Å². The van der Waals surface area contributed by atoms with Gasteiger partial charge < -0.3 is 9.64 Å². The summed E-state index contributed by atoms with van der Waals surface area (Å²) < 4.78 is 6.83. The summed E-state index contributed by atoms with van der Waals surface area (Å²) in [6.45, 7) is 1.74. The fourth-order valence-corrected chi connectivity index (χ4v) is 3.80. The van der Waals surface area contributed by atoms with E-state index >= 15 is 0 Å². The molecule has 124 valence electrons. The Morgan fingerprint density at radius 2 is 2.08 bits per heavy atom. The maximum atomic E-state index is 12.2. The van der Waals surface area contributed by atoms with Crippen molar-refractivity contribution in [2.24, 2.45) is 0 Å². The molecule has 1 fully saturated rings. The summed E-state index contributed by atoms with van der Waals surface area (Å²) >= 11 is 1.50. The van der Waals surface area contributed by atoms with E-state index < -0.39 is 0 Å². The Bertz CT molecular complexity index is 897. The number of fused-ring (bicyclic) bond motifs is 1. The molecular formula is C18H20N3O2S+. The van der Waals surface area contributed by atoms with E-state index in [0.717, 1.165) is 29.5 Å². The second-order valence-electron chi connectivity index (χ2n) is 6.28. The fraction of sp³-hybridized carbons (Fsp3) is 0.333. The van der Waals surface area contributed by atoms with Gasteiger partial charge in [0.2, 0.25) is 0 Å². The van der Waals surface area contributed by atoms with Crippen LogP contribution < -0.4 is 15.2 Å². The standard InChI is InChI=1S/C18H19N3O2S/c1-23-16-6-2-13(3-7-16)11-20(15-4-5-15)12-14-10-17(22)21-8-9-24-18(21)19-14/h2-3,6-10,15H,4-5,11-12H2,1H3/p+1. The molecule has 1 aliphatic carbocycles. The minimum atomic E-state index is 0.0100. The normalized spacial score (nSPS) is 15.5. The lowest BCUT2D eigenvalue weighted by molar-refractivity contribution is -0.938. The largest absolute Gasteiger partial charge is 0.497 e. The molecule has 0 saturated heterocycles. The highest BCUT2D eigenvalue weighted by atomic mass is 32.1. The van der Waals surface area contributed by atoms with Crippen LogP contribution in [0.15, 0.2) is 46.7 Å². The van der Waals surface area contributed by atoms with Crippen LogP contribution in [-0.4, -0.2) is 22.5 Å². The van der Waals surface area contributed by atoms with Crippen LogP contribution in [0, 0.1) is 0 Å². The third kappa shape index (κ3) is 3.20. The molecule has 1 aromatic carbocycles. The molecule has 1 saturated carbocycles. The van der Waals surface area contributed by atoms with Gasteiger partial charge in [0, 0.05) is 36.0 Å². The van der Waals surface area contributed by atoms with Gasteiger partial charge in [0.25, 0.3) is 5.56 Å². The summed E-state index contributed by atoms with van der Waals surface area (Å²) in [6.07, 6.45) is 4.29. The van der Waals surface area contributed by atoms with Crippen molar-refractivity contribution in [1.82, 2.24) is 9.38 Å². The van der Waals surface area contributed by atoms with Crippen molar-refractivity contribution in [3.05, 3.63) is 63.5 Å². The lowest BCUT2D eigenvalue weighted by atomic mass is 10.2. The molecule has 1 aliphatic rings. The molecule has 1 unspecified atom stereocenters. The minimum absolute atomic E-state index is 0.0100. The van der Waals surface area contributed by atoms with Crippen molar-refractivity contribution < 1.29 is 9.64 Å². The molecule has 5 nitrogen and oxygen atoms in total. The summed E-state index contributed by atoms with van der Waals surface area (Å²) in [5, 5.41) is 1.90. The Morgan fingerprint density at radius 1 is 1.29 bits per heavy atom. The molecule has 1 atom stereocenters. The van der Waals surface area contributed by atoms with Gasteiger partial charge in [-0.3, -0.25) is 9.20 Å². The molecule has 0 bridgehead atoms. The van der Waals surface area contributed by atoms with Crippen LogP contribution in [0.2, 0.25) is 0 Å². The number of methoxy groups -OCH3 is 1. The Labute approximate surface area is 144 Å². The Hall–Kier alpha value is -2.18. The van der Waals surface area contributed by atoms with E-state index in [1.54, 1.807) is 23.8 Å². The zero-order valence-corrected chi connectivity index (χ0v) is 14.4. The molecule has 1 N–H and O–H groups in total. The van der Waals surface area contributed by atoms with E-state index in [1.807, 2.05) is 17.5 Å². The quantitative estimate of drug-likeness (QED) is 0.739. The highest BCUT2D eigenvalue weighted by Crippen LogP contribution is 2.17. The molecule has 0 aliphatic heterocycles. The van der Waals surface area contributed by atoms with E-state index in [0.29, 0.717) is 6.04 Å². The van der Waals surface area contributed by atoms with Crippen LogP contribution in [0.4, 0.5) is 0 Å². The molecule has 6 heteroatoms. The Balaban J connectivity index is 1.55. The topological polar surface area (TPSA) is 48.0 Å². The van der Waals surface area contributed by atoms with Crippen LogP contribution >= 0.6 is 11.3 Å². The van der Waals surface area contributed by atoms with E-state index in [9.17, 15) is 4.79 Å². The Kier molecular flexibility index (Phi) is 4.08. The number of quaternary nitrogens is 1. The summed E-state index contributed by atoms with van der Waals surface area (Å²) in [6, 6.07) is 10.6. The maximum absolute atomic E-state index is 12.2. The van der Waals surface area contributed by atoms with E-state index in [2.05, 4.69) is 17.1 Å².